The monoisotopic (exact) mass is 489 g/mol. The molecule has 1 aliphatic carbocycles. The highest BCUT2D eigenvalue weighted by Gasteiger charge is 2.26. The quantitative estimate of drug-likeness (QED) is 0.373. The molecule has 0 radical (unpaired) electrons. The number of aromatic amines is 1. The Bertz CT molecular complexity index is 1340. The van der Waals surface area contributed by atoms with Crippen molar-refractivity contribution in [2.45, 2.75) is 37.5 Å². The first-order valence-electron chi connectivity index (χ1n) is 10.7. The molecule has 2 aromatic carbocycles. The number of halogens is 1. The fraction of sp³-hybridized carbons (Fsp3) is 0.304. The third-order valence-electron chi connectivity index (χ3n) is 5.88. The van der Waals surface area contributed by atoms with E-state index in [0.717, 1.165) is 31.1 Å². The highest BCUT2D eigenvalue weighted by Crippen LogP contribution is 2.37. The van der Waals surface area contributed by atoms with Gasteiger partial charge in [-0.1, -0.05) is 31.4 Å². The van der Waals surface area contributed by atoms with Crippen molar-refractivity contribution in [2.75, 3.05) is 16.4 Å². The number of carbonyl (C=O) groups excluding carboxylic acids is 2. The Morgan fingerprint density at radius 2 is 1.76 bits per heavy atom. The first-order chi connectivity index (χ1) is 15.7. The van der Waals surface area contributed by atoms with Gasteiger partial charge >= 0.3 is 0 Å². The highest BCUT2D eigenvalue weighted by molar-refractivity contribution is 7.91. The molecule has 1 aliphatic rings. The van der Waals surface area contributed by atoms with Crippen LogP contribution >= 0.6 is 11.6 Å². The Kier molecular flexibility index (Phi) is 6.36. The molecule has 0 bridgehead atoms. The van der Waals surface area contributed by atoms with Gasteiger partial charge in [0.05, 0.1) is 22.0 Å². The number of benzene rings is 2. The standard InChI is InChI=1S/C23H24ClN3O5S/c1-2-33(31,32)16-11-18(26-22(29)13-5-3-4-6-13)21(28)19(12-16)27-23(30)20-10-14-9-15(24)7-8-17(14)25-20/h7-13,25,28H,2-6H2,1H3,(H,26,29)(H,27,30). The molecule has 1 saturated carbocycles. The van der Waals surface area contributed by atoms with E-state index in [1.165, 1.54) is 19.1 Å². The van der Waals surface area contributed by atoms with Gasteiger partial charge in [-0.2, -0.15) is 0 Å². The van der Waals surface area contributed by atoms with Gasteiger partial charge < -0.3 is 20.7 Å². The number of hydrogen-bond acceptors (Lipinski definition) is 5. The van der Waals surface area contributed by atoms with Crippen LogP contribution in [0.5, 0.6) is 5.75 Å². The second-order valence-corrected chi connectivity index (χ2v) is 10.8. The minimum atomic E-state index is -3.68. The van der Waals surface area contributed by atoms with E-state index in [0.29, 0.717) is 10.5 Å². The normalized spacial score (nSPS) is 14.5. The lowest BCUT2D eigenvalue weighted by Crippen LogP contribution is -2.21. The average Bonchev–Trinajstić information content (AvgIpc) is 3.46. The second kappa shape index (κ2) is 9.07. The number of nitrogens with one attached hydrogen (secondary N) is 3. The molecule has 8 nitrogen and oxygen atoms in total. The SMILES string of the molecule is CCS(=O)(=O)c1cc(NC(=O)c2cc3cc(Cl)ccc3[nH]2)c(O)c(NC(=O)C2CCCC2)c1. The predicted molar refractivity (Wildman–Crippen MR) is 128 cm³/mol. The van der Waals surface area contributed by atoms with Gasteiger partial charge in [0.2, 0.25) is 5.91 Å². The number of hydrogen-bond donors (Lipinski definition) is 4. The summed E-state index contributed by atoms with van der Waals surface area (Å²) in [7, 11) is -3.68. The van der Waals surface area contributed by atoms with Gasteiger partial charge in [-0.15, -0.1) is 0 Å². The third-order valence-corrected chi connectivity index (χ3v) is 7.83. The second-order valence-electron chi connectivity index (χ2n) is 8.11. The number of amides is 2. The Morgan fingerprint density at radius 3 is 2.42 bits per heavy atom. The number of sulfone groups is 1. The van der Waals surface area contributed by atoms with Gasteiger partial charge in [0, 0.05) is 21.8 Å². The van der Waals surface area contributed by atoms with Gasteiger partial charge in [0.15, 0.2) is 15.6 Å². The van der Waals surface area contributed by atoms with E-state index in [1.54, 1.807) is 24.3 Å². The van der Waals surface area contributed by atoms with Gasteiger partial charge in [0.1, 0.15) is 5.69 Å². The van der Waals surface area contributed by atoms with Gasteiger partial charge in [0.25, 0.3) is 5.91 Å². The molecule has 1 aromatic heterocycles. The molecule has 0 spiro atoms. The van der Waals surface area contributed by atoms with Crippen molar-refractivity contribution in [1.29, 1.82) is 0 Å². The topological polar surface area (TPSA) is 128 Å². The predicted octanol–water partition coefficient (Wildman–Crippen LogP) is 4.70. The maximum Gasteiger partial charge on any atom is 0.272 e. The molecule has 4 N–H and O–H groups in total. The van der Waals surface area contributed by atoms with Gasteiger partial charge in [-0.3, -0.25) is 9.59 Å². The number of anilines is 2. The Hall–Kier alpha value is -3.04. The molecule has 4 rings (SSSR count). The lowest BCUT2D eigenvalue weighted by atomic mass is 10.1. The summed E-state index contributed by atoms with van der Waals surface area (Å²) in [5, 5.41) is 17.2. The van der Waals surface area contributed by atoms with Crippen molar-refractivity contribution in [3.63, 3.8) is 0 Å². The molecule has 0 aliphatic heterocycles. The number of H-pyrrole nitrogens is 1. The van der Waals surface area contributed by atoms with Crippen molar-refractivity contribution in [3.05, 3.63) is 47.1 Å². The maximum absolute atomic E-state index is 12.9. The molecule has 1 fully saturated rings. The van der Waals surface area contributed by atoms with E-state index in [4.69, 9.17) is 11.6 Å². The summed E-state index contributed by atoms with van der Waals surface area (Å²) in [4.78, 5) is 28.3. The highest BCUT2D eigenvalue weighted by atomic mass is 35.5. The van der Waals surface area contributed by atoms with Crippen LogP contribution in [-0.2, 0) is 14.6 Å². The van der Waals surface area contributed by atoms with Crippen LogP contribution in [0.2, 0.25) is 5.02 Å². The van der Waals surface area contributed by atoms with E-state index < -0.39 is 21.5 Å². The molecule has 174 valence electrons. The minimum Gasteiger partial charge on any atom is -0.504 e. The molecule has 0 unspecified atom stereocenters. The number of phenols is 1. The first-order valence-corrected chi connectivity index (χ1v) is 12.7. The van der Waals surface area contributed by atoms with Crippen molar-refractivity contribution in [2.24, 2.45) is 5.92 Å². The molecule has 3 aromatic rings. The number of fused-ring (bicyclic) bond motifs is 1. The molecule has 10 heteroatoms. The van der Waals surface area contributed by atoms with E-state index in [-0.39, 0.29) is 39.5 Å². The van der Waals surface area contributed by atoms with E-state index in [1.807, 2.05) is 0 Å². The summed E-state index contributed by atoms with van der Waals surface area (Å²) in [6.07, 6.45) is 3.39. The molecule has 2 amide bonds. The lowest BCUT2D eigenvalue weighted by Gasteiger charge is -2.16. The van der Waals surface area contributed by atoms with E-state index in [9.17, 15) is 23.1 Å². The molecule has 1 heterocycles. The van der Waals surface area contributed by atoms with Crippen LogP contribution in [0.25, 0.3) is 10.9 Å². The number of phenolic OH excluding ortho intramolecular Hbond substituents is 1. The Morgan fingerprint density at radius 1 is 1.09 bits per heavy atom. The molecular formula is C23H24ClN3O5S. The van der Waals surface area contributed by atoms with Crippen LogP contribution < -0.4 is 10.6 Å². The van der Waals surface area contributed by atoms with Gasteiger partial charge in [-0.05, 0) is 49.2 Å². The number of aromatic nitrogens is 1. The van der Waals surface area contributed by atoms with Gasteiger partial charge in [-0.25, -0.2) is 8.42 Å². The maximum atomic E-state index is 12.9. The summed E-state index contributed by atoms with van der Waals surface area (Å²) in [5.41, 5.74) is 0.723. The summed E-state index contributed by atoms with van der Waals surface area (Å²) in [6.45, 7) is 1.49. The fourth-order valence-electron chi connectivity index (χ4n) is 3.98. The zero-order valence-electron chi connectivity index (χ0n) is 17.9. The van der Waals surface area contributed by atoms with Crippen LogP contribution in [0.4, 0.5) is 11.4 Å². The van der Waals surface area contributed by atoms with Crippen LogP contribution in [0.1, 0.15) is 43.1 Å². The first kappa shape index (κ1) is 23.1. The zero-order valence-corrected chi connectivity index (χ0v) is 19.5. The Labute approximate surface area is 196 Å². The average molecular weight is 490 g/mol. The van der Waals surface area contributed by atoms with E-state index >= 15 is 0 Å². The van der Waals surface area contributed by atoms with Crippen molar-refractivity contribution in [1.82, 2.24) is 4.98 Å². The van der Waals surface area contributed by atoms with Crippen molar-refractivity contribution >= 4 is 55.5 Å². The van der Waals surface area contributed by atoms with Crippen LogP contribution in [0.15, 0.2) is 41.3 Å². The molecule has 33 heavy (non-hydrogen) atoms. The molecular weight excluding hydrogens is 466 g/mol. The lowest BCUT2D eigenvalue weighted by molar-refractivity contribution is -0.119. The van der Waals surface area contributed by atoms with Crippen LogP contribution in [0, 0.1) is 5.92 Å². The summed E-state index contributed by atoms with van der Waals surface area (Å²) >= 11 is 6.00. The number of aromatic hydroxyl groups is 1. The smallest absolute Gasteiger partial charge is 0.272 e. The fourth-order valence-corrected chi connectivity index (χ4v) is 5.09. The van der Waals surface area contributed by atoms with E-state index in [2.05, 4.69) is 15.6 Å². The largest absolute Gasteiger partial charge is 0.504 e. The number of rotatable bonds is 6. The van der Waals surface area contributed by atoms with Crippen LogP contribution in [-0.4, -0.2) is 36.1 Å². The minimum absolute atomic E-state index is 0.0554. The summed E-state index contributed by atoms with van der Waals surface area (Å²) in [5.74, 6) is -1.64. The van der Waals surface area contributed by atoms with Crippen LogP contribution in [0.3, 0.4) is 0 Å². The zero-order chi connectivity index (χ0) is 23.8. The third kappa shape index (κ3) is 4.84. The van der Waals surface area contributed by atoms with Crippen molar-refractivity contribution in [3.8, 4) is 5.75 Å². The molecule has 0 atom stereocenters. The molecule has 0 saturated heterocycles. The Balaban J connectivity index is 1.68. The number of carbonyl (C=O) groups is 2. The summed E-state index contributed by atoms with van der Waals surface area (Å²) in [6, 6.07) is 9.14. The van der Waals surface area contributed by atoms with Crippen molar-refractivity contribution < 1.29 is 23.1 Å². The summed E-state index contributed by atoms with van der Waals surface area (Å²) < 4.78 is 25.1.